The van der Waals surface area contributed by atoms with Gasteiger partial charge >= 0.3 is 5.76 Å². The van der Waals surface area contributed by atoms with E-state index in [-0.39, 0.29) is 11.6 Å². The van der Waals surface area contributed by atoms with Crippen LogP contribution >= 0.6 is 0 Å². The highest BCUT2D eigenvalue weighted by molar-refractivity contribution is 7.91. The van der Waals surface area contributed by atoms with Gasteiger partial charge in [-0.05, 0) is 25.0 Å². The molecule has 0 bridgehead atoms. The van der Waals surface area contributed by atoms with Gasteiger partial charge in [0.2, 0.25) is 15.7 Å². The summed E-state index contributed by atoms with van der Waals surface area (Å²) in [6.45, 7) is 4.21. The van der Waals surface area contributed by atoms with E-state index in [2.05, 4.69) is 10.1 Å². The topological polar surface area (TPSA) is 119 Å². The van der Waals surface area contributed by atoms with Crippen molar-refractivity contribution in [1.82, 2.24) is 10.1 Å². The molecular weight excluding hydrogens is 398 g/mol. The van der Waals surface area contributed by atoms with Crippen LogP contribution in [0.25, 0.3) is 0 Å². The standard InChI is InChI=1S/C16H18F2N4O5S/c1-9(2)15-19-14(20-27-15)12-4-3-7-21(12)11-6-5-10(8-13(11)22(23)24)28(25,26)16(17)18/h5-6,8-9,12,16H,3-4,7H2,1-2H3. The molecule has 0 N–H and O–H groups in total. The second-order valence-corrected chi connectivity index (χ2v) is 8.63. The zero-order chi connectivity index (χ0) is 20.6. The molecule has 0 radical (unpaired) electrons. The number of alkyl halides is 2. The van der Waals surface area contributed by atoms with Crippen molar-refractivity contribution >= 4 is 21.2 Å². The maximum Gasteiger partial charge on any atom is 0.341 e. The molecule has 0 spiro atoms. The minimum Gasteiger partial charge on any atom is -0.356 e. The third-order valence-electron chi connectivity index (χ3n) is 4.52. The van der Waals surface area contributed by atoms with Crippen molar-refractivity contribution in [3.63, 3.8) is 0 Å². The second-order valence-electron chi connectivity index (χ2n) is 6.71. The molecule has 2 heterocycles. The van der Waals surface area contributed by atoms with Crippen molar-refractivity contribution in [2.45, 2.75) is 49.3 Å². The molecule has 1 aromatic heterocycles. The van der Waals surface area contributed by atoms with Crippen molar-refractivity contribution < 1.29 is 26.6 Å². The first-order valence-corrected chi connectivity index (χ1v) is 10.1. The Bertz CT molecular complexity index is 993. The summed E-state index contributed by atoms with van der Waals surface area (Å²) in [4.78, 5) is 15.9. The minimum atomic E-state index is -4.94. The summed E-state index contributed by atoms with van der Waals surface area (Å²) >= 11 is 0. The summed E-state index contributed by atoms with van der Waals surface area (Å²) in [6.07, 6.45) is 1.32. The Morgan fingerprint density at radius 2 is 2.07 bits per heavy atom. The fraction of sp³-hybridized carbons (Fsp3) is 0.500. The van der Waals surface area contributed by atoms with Crippen LogP contribution in [0.2, 0.25) is 0 Å². The van der Waals surface area contributed by atoms with E-state index in [1.165, 1.54) is 6.07 Å². The Kier molecular flexibility index (Phi) is 5.33. The van der Waals surface area contributed by atoms with E-state index in [1.807, 2.05) is 13.8 Å². The molecule has 0 saturated carbocycles. The highest BCUT2D eigenvalue weighted by Gasteiger charge is 2.36. The summed E-state index contributed by atoms with van der Waals surface area (Å²) in [7, 11) is -4.94. The predicted molar refractivity (Wildman–Crippen MR) is 94.0 cm³/mol. The van der Waals surface area contributed by atoms with Crippen LogP contribution in [0.3, 0.4) is 0 Å². The predicted octanol–water partition coefficient (Wildman–Crippen LogP) is 3.44. The number of aromatic nitrogens is 2. The molecule has 0 amide bonds. The molecule has 0 aliphatic carbocycles. The third-order valence-corrected chi connectivity index (χ3v) is 5.90. The molecule has 1 atom stereocenters. The van der Waals surface area contributed by atoms with Gasteiger partial charge in [0.05, 0.1) is 15.9 Å². The normalized spacial score (nSPS) is 17.6. The molecule has 1 unspecified atom stereocenters. The molecular formula is C16H18F2N4O5S. The highest BCUT2D eigenvalue weighted by atomic mass is 32.2. The van der Waals surface area contributed by atoms with Crippen LogP contribution in [0.5, 0.6) is 0 Å². The fourth-order valence-corrected chi connectivity index (χ4v) is 3.85. The number of halogens is 2. The van der Waals surface area contributed by atoms with Crippen molar-refractivity contribution in [2.24, 2.45) is 0 Å². The molecule has 1 aliphatic rings. The lowest BCUT2D eigenvalue weighted by atomic mass is 10.1. The van der Waals surface area contributed by atoms with E-state index in [4.69, 9.17) is 4.52 Å². The second kappa shape index (κ2) is 7.41. The Hall–Kier alpha value is -2.63. The summed E-state index contributed by atoms with van der Waals surface area (Å²) in [5.41, 5.74) is -0.446. The molecule has 12 heteroatoms. The number of hydrogen-bond donors (Lipinski definition) is 0. The van der Waals surface area contributed by atoms with Crippen molar-refractivity contribution in [2.75, 3.05) is 11.4 Å². The monoisotopic (exact) mass is 416 g/mol. The Morgan fingerprint density at radius 3 is 2.64 bits per heavy atom. The van der Waals surface area contributed by atoms with Gasteiger partial charge in [0.15, 0.2) is 5.82 Å². The SMILES string of the molecule is CC(C)c1nc(C2CCCN2c2ccc(S(=O)(=O)C(F)F)cc2[N+](=O)[O-])no1. The van der Waals surface area contributed by atoms with Gasteiger partial charge in [-0.2, -0.15) is 13.8 Å². The van der Waals surface area contributed by atoms with Crippen LogP contribution in [-0.2, 0) is 9.84 Å². The minimum absolute atomic E-state index is 0.0178. The number of benzene rings is 1. The Morgan fingerprint density at radius 1 is 1.36 bits per heavy atom. The van der Waals surface area contributed by atoms with Gasteiger partial charge in [-0.15, -0.1) is 0 Å². The van der Waals surface area contributed by atoms with Gasteiger partial charge in [-0.3, -0.25) is 10.1 Å². The smallest absolute Gasteiger partial charge is 0.341 e. The number of nitrogens with zero attached hydrogens (tertiary/aromatic N) is 4. The largest absolute Gasteiger partial charge is 0.356 e. The average Bonchev–Trinajstić information content (AvgIpc) is 3.30. The number of hydrogen-bond acceptors (Lipinski definition) is 8. The number of rotatable bonds is 6. The summed E-state index contributed by atoms with van der Waals surface area (Å²) in [5.74, 6) is -2.83. The van der Waals surface area contributed by atoms with E-state index < -0.39 is 37.1 Å². The van der Waals surface area contributed by atoms with E-state index in [1.54, 1.807) is 4.90 Å². The van der Waals surface area contributed by atoms with Gasteiger partial charge in [-0.25, -0.2) is 8.42 Å². The molecule has 28 heavy (non-hydrogen) atoms. The number of nitro benzene ring substituents is 1. The van der Waals surface area contributed by atoms with Gasteiger partial charge in [0.1, 0.15) is 5.69 Å². The van der Waals surface area contributed by atoms with Crippen LogP contribution in [0.15, 0.2) is 27.6 Å². The summed E-state index contributed by atoms with van der Waals surface area (Å²) < 4.78 is 54.1. The van der Waals surface area contributed by atoms with Gasteiger partial charge in [0, 0.05) is 18.5 Å². The lowest BCUT2D eigenvalue weighted by molar-refractivity contribution is -0.384. The molecule has 3 rings (SSSR count). The maximum absolute atomic E-state index is 12.8. The molecule has 1 aliphatic heterocycles. The number of nitro groups is 1. The summed E-state index contributed by atoms with van der Waals surface area (Å²) in [6, 6.07) is 2.40. The molecule has 1 saturated heterocycles. The molecule has 1 aromatic carbocycles. The van der Waals surface area contributed by atoms with Crippen molar-refractivity contribution in [3.05, 3.63) is 40.0 Å². The highest BCUT2D eigenvalue weighted by Crippen LogP contribution is 2.41. The quantitative estimate of drug-likeness (QED) is 0.519. The first-order valence-electron chi connectivity index (χ1n) is 8.53. The average molecular weight is 416 g/mol. The first-order chi connectivity index (χ1) is 13.1. The maximum atomic E-state index is 12.8. The van der Waals surface area contributed by atoms with E-state index >= 15 is 0 Å². The first kappa shape index (κ1) is 20.1. The zero-order valence-corrected chi connectivity index (χ0v) is 15.9. The lowest BCUT2D eigenvalue weighted by Crippen LogP contribution is -2.24. The van der Waals surface area contributed by atoms with Gasteiger partial charge in [-0.1, -0.05) is 19.0 Å². The van der Waals surface area contributed by atoms with Crippen LogP contribution in [0.1, 0.15) is 50.4 Å². The molecule has 9 nitrogen and oxygen atoms in total. The lowest BCUT2D eigenvalue weighted by Gasteiger charge is -2.24. The van der Waals surface area contributed by atoms with Gasteiger partial charge in [0.25, 0.3) is 5.69 Å². The van der Waals surface area contributed by atoms with Crippen LogP contribution in [0, 0.1) is 10.1 Å². The van der Waals surface area contributed by atoms with Crippen LogP contribution in [-0.4, -0.2) is 35.8 Å². The van der Waals surface area contributed by atoms with E-state index in [0.29, 0.717) is 37.2 Å². The van der Waals surface area contributed by atoms with Crippen molar-refractivity contribution in [3.8, 4) is 0 Å². The van der Waals surface area contributed by atoms with Crippen LogP contribution in [0.4, 0.5) is 20.2 Å². The third kappa shape index (κ3) is 3.55. The number of sulfone groups is 1. The zero-order valence-electron chi connectivity index (χ0n) is 15.1. The van der Waals surface area contributed by atoms with Crippen molar-refractivity contribution in [1.29, 1.82) is 0 Å². The van der Waals surface area contributed by atoms with Crippen LogP contribution < -0.4 is 4.90 Å². The number of anilines is 1. The van der Waals surface area contributed by atoms with E-state index in [9.17, 15) is 27.3 Å². The van der Waals surface area contributed by atoms with E-state index in [0.717, 1.165) is 6.07 Å². The molecule has 152 valence electrons. The Labute approximate surface area is 159 Å². The summed E-state index contributed by atoms with van der Waals surface area (Å²) in [5, 5.41) is 15.5. The van der Waals surface area contributed by atoms with Gasteiger partial charge < -0.3 is 9.42 Å². The molecule has 1 fully saturated rings. The fourth-order valence-electron chi connectivity index (χ4n) is 3.11. The Balaban J connectivity index is 2.02. The molecule has 2 aromatic rings.